The van der Waals surface area contributed by atoms with Crippen LogP contribution in [0.15, 0.2) is 18.2 Å². The lowest BCUT2D eigenvalue weighted by atomic mass is 9.86. The van der Waals surface area contributed by atoms with Crippen molar-refractivity contribution in [2.75, 3.05) is 6.61 Å². The Balaban J connectivity index is 1.58. The number of hydrogen-bond donors (Lipinski definition) is 2. The Hall–Kier alpha value is -2.04. The molecule has 3 rings (SSSR count). The topological polar surface area (TPSA) is 75.6 Å². The summed E-state index contributed by atoms with van der Waals surface area (Å²) in [5.74, 6) is -0.189. The number of amides is 1. The summed E-state index contributed by atoms with van der Waals surface area (Å²) >= 11 is 0. The van der Waals surface area contributed by atoms with Crippen molar-refractivity contribution >= 4 is 11.9 Å². The van der Waals surface area contributed by atoms with Crippen molar-refractivity contribution in [1.82, 2.24) is 5.32 Å². The molecule has 1 aromatic carbocycles. The van der Waals surface area contributed by atoms with Gasteiger partial charge in [0.15, 0.2) is 0 Å². The molecule has 0 spiro atoms. The molecular weight excluding hydrogens is 270 g/mol. The number of hydrogen-bond acceptors (Lipinski definition) is 3. The van der Waals surface area contributed by atoms with Crippen molar-refractivity contribution < 1.29 is 19.4 Å². The van der Waals surface area contributed by atoms with Crippen LogP contribution in [-0.4, -0.2) is 29.6 Å². The van der Waals surface area contributed by atoms with Gasteiger partial charge in [-0.1, -0.05) is 0 Å². The monoisotopic (exact) mass is 289 g/mol. The molecule has 0 atom stereocenters. The first kappa shape index (κ1) is 13.9. The molecule has 0 saturated heterocycles. The zero-order valence-corrected chi connectivity index (χ0v) is 11.8. The normalized spacial score (nSPS) is 24.0. The standard InChI is InChI=1S/C16H19NO4/c18-15(12-3-6-14-11(9-12)7-8-21-14)17-13-4-1-10(2-5-13)16(19)20/h3,6,9-10,13H,1-2,4-5,7-8H2,(H,17,18)(H,19,20). The predicted octanol–water partition coefficient (Wildman–Crippen LogP) is 1.99. The lowest BCUT2D eigenvalue weighted by Crippen LogP contribution is -2.38. The predicted molar refractivity (Wildman–Crippen MR) is 76.5 cm³/mol. The average molecular weight is 289 g/mol. The van der Waals surface area contributed by atoms with Gasteiger partial charge in [0.2, 0.25) is 0 Å². The molecule has 1 heterocycles. The van der Waals surface area contributed by atoms with E-state index < -0.39 is 5.97 Å². The molecule has 21 heavy (non-hydrogen) atoms. The molecule has 0 unspecified atom stereocenters. The molecule has 1 fully saturated rings. The maximum absolute atomic E-state index is 12.3. The number of carboxylic acids is 1. The highest BCUT2D eigenvalue weighted by molar-refractivity contribution is 5.94. The summed E-state index contributed by atoms with van der Waals surface area (Å²) in [5, 5.41) is 12.0. The molecule has 1 aliphatic carbocycles. The van der Waals surface area contributed by atoms with Crippen molar-refractivity contribution in [1.29, 1.82) is 0 Å². The van der Waals surface area contributed by atoms with E-state index in [1.54, 1.807) is 6.07 Å². The van der Waals surface area contributed by atoms with Crippen LogP contribution in [-0.2, 0) is 11.2 Å². The molecular formula is C16H19NO4. The number of aliphatic carboxylic acids is 1. The molecule has 0 radical (unpaired) electrons. The molecule has 2 N–H and O–H groups in total. The summed E-state index contributed by atoms with van der Waals surface area (Å²) < 4.78 is 5.43. The first-order chi connectivity index (χ1) is 10.1. The van der Waals surface area contributed by atoms with E-state index in [9.17, 15) is 9.59 Å². The van der Waals surface area contributed by atoms with Gasteiger partial charge in [0, 0.05) is 18.0 Å². The van der Waals surface area contributed by atoms with Crippen molar-refractivity contribution in [3.05, 3.63) is 29.3 Å². The van der Waals surface area contributed by atoms with Crippen LogP contribution in [0.3, 0.4) is 0 Å². The first-order valence-electron chi connectivity index (χ1n) is 7.43. The molecule has 112 valence electrons. The fraction of sp³-hybridized carbons (Fsp3) is 0.500. The van der Waals surface area contributed by atoms with Crippen LogP contribution in [0.1, 0.15) is 41.6 Å². The van der Waals surface area contributed by atoms with E-state index >= 15 is 0 Å². The quantitative estimate of drug-likeness (QED) is 0.892. The number of ether oxygens (including phenoxy) is 1. The molecule has 1 aromatic rings. The zero-order valence-electron chi connectivity index (χ0n) is 11.8. The van der Waals surface area contributed by atoms with Crippen molar-refractivity contribution in [2.45, 2.75) is 38.1 Å². The van der Waals surface area contributed by atoms with Gasteiger partial charge in [-0.05, 0) is 49.4 Å². The minimum atomic E-state index is -0.724. The summed E-state index contributed by atoms with van der Waals surface area (Å²) in [6.45, 7) is 0.680. The largest absolute Gasteiger partial charge is 0.493 e. The third kappa shape index (κ3) is 3.01. The van der Waals surface area contributed by atoms with E-state index in [1.807, 2.05) is 12.1 Å². The number of fused-ring (bicyclic) bond motifs is 1. The lowest BCUT2D eigenvalue weighted by molar-refractivity contribution is -0.142. The van der Waals surface area contributed by atoms with E-state index in [4.69, 9.17) is 9.84 Å². The highest BCUT2D eigenvalue weighted by Gasteiger charge is 2.27. The van der Waals surface area contributed by atoms with E-state index in [0.29, 0.717) is 25.0 Å². The van der Waals surface area contributed by atoms with Crippen LogP contribution < -0.4 is 10.1 Å². The smallest absolute Gasteiger partial charge is 0.306 e. The highest BCUT2D eigenvalue weighted by atomic mass is 16.5. The van der Waals surface area contributed by atoms with Crippen LogP contribution in [0.2, 0.25) is 0 Å². The lowest BCUT2D eigenvalue weighted by Gasteiger charge is -2.26. The summed E-state index contributed by atoms with van der Waals surface area (Å²) in [5.41, 5.74) is 1.73. The molecule has 1 amide bonds. The Morgan fingerprint density at radius 3 is 2.67 bits per heavy atom. The summed E-state index contributed by atoms with van der Waals surface area (Å²) in [6, 6.07) is 5.60. The Bertz CT molecular complexity index is 561. The van der Waals surface area contributed by atoms with Crippen LogP contribution >= 0.6 is 0 Å². The molecule has 5 nitrogen and oxygen atoms in total. The van der Waals surface area contributed by atoms with E-state index in [0.717, 1.165) is 30.6 Å². The Labute approximate surface area is 123 Å². The zero-order chi connectivity index (χ0) is 14.8. The van der Waals surface area contributed by atoms with Crippen LogP contribution in [0, 0.1) is 5.92 Å². The van der Waals surface area contributed by atoms with Gasteiger partial charge in [0.25, 0.3) is 5.91 Å². The van der Waals surface area contributed by atoms with E-state index in [1.165, 1.54) is 0 Å². The number of carbonyl (C=O) groups excluding carboxylic acids is 1. The summed E-state index contributed by atoms with van der Waals surface area (Å²) in [6.07, 6.45) is 3.59. The van der Waals surface area contributed by atoms with Crippen molar-refractivity contribution in [3.8, 4) is 5.75 Å². The molecule has 1 aliphatic heterocycles. The van der Waals surface area contributed by atoms with Crippen molar-refractivity contribution in [2.24, 2.45) is 5.92 Å². The Morgan fingerprint density at radius 2 is 1.95 bits per heavy atom. The van der Waals surface area contributed by atoms with Gasteiger partial charge in [0.05, 0.1) is 12.5 Å². The molecule has 2 aliphatic rings. The van der Waals surface area contributed by atoms with Gasteiger partial charge in [-0.25, -0.2) is 0 Å². The second kappa shape index (κ2) is 5.76. The maximum Gasteiger partial charge on any atom is 0.306 e. The minimum Gasteiger partial charge on any atom is -0.493 e. The second-order valence-electron chi connectivity index (χ2n) is 5.78. The van der Waals surface area contributed by atoms with E-state index in [-0.39, 0.29) is 17.9 Å². The summed E-state index contributed by atoms with van der Waals surface area (Å²) in [7, 11) is 0. The average Bonchev–Trinajstić information content (AvgIpc) is 2.95. The van der Waals surface area contributed by atoms with Gasteiger partial charge < -0.3 is 15.2 Å². The van der Waals surface area contributed by atoms with Crippen LogP contribution in [0.25, 0.3) is 0 Å². The van der Waals surface area contributed by atoms with Crippen molar-refractivity contribution in [3.63, 3.8) is 0 Å². The summed E-state index contributed by atoms with van der Waals surface area (Å²) in [4.78, 5) is 23.2. The first-order valence-corrected chi connectivity index (χ1v) is 7.43. The van der Waals surface area contributed by atoms with Crippen LogP contribution in [0.5, 0.6) is 5.75 Å². The number of rotatable bonds is 3. The third-order valence-electron chi connectivity index (χ3n) is 4.36. The number of benzene rings is 1. The fourth-order valence-electron chi connectivity index (χ4n) is 3.08. The number of carboxylic acid groups (broad SMARTS) is 1. The van der Waals surface area contributed by atoms with Crippen LogP contribution in [0.4, 0.5) is 0 Å². The molecule has 0 aromatic heterocycles. The molecule has 1 saturated carbocycles. The highest BCUT2D eigenvalue weighted by Crippen LogP contribution is 2.27. The number of nitrogens with one attached hydrogen (secondary N) is 1. The number of carbonyl (C=O) groups is 2. The SMILES string of the molecule is O=C(NC1CCC(C(=O)O)CC1)c1ccc2c(c1)CCO2. The molecule has 0 bridgehead atoms. The second-order valence-corrected chi connectivity index (χ2v) is 5.78. The minimum absolute atomic E-state index is 0.0801. The van der Waals surface area contributed by atoms with Gasteiger partial charge in [-0.3, -0.25) is 9.59 Å². The fourth-order valence-corrected chi connectivity index (χ4v) is 3.08. The van der Waals surface area contributed by atoms with Gasteiger partial charge in [-0.2, -0.15) is 0 Å². The van der Waals surface area contributed by atoms with Gasteiger partial charge in [0.1, 0.15) is 5.75 Å². The van der Waals surface area contributed by atoms with E-state index in [2.05, 4.69) is 5.32 Å². The molecule has 5 heteroatoms. The van der Waals surface area contributed by atoms with Gasteiger partial charge in [-0.15, -0.1) is 0 Å². The maximum atomic E-state index is 12.3. The Kier molecular flexibility index (Phi) is 3.82. The third-order valence-corrected chi connectivity index (χ3v) is 4.36. The van der Waals surface area contributed by atoms with Gasteiger partial charge >= 0.3 is 5.97 Å². The Morgan fingerprint density at radius 1 is 1.19 bits per heavy atom.